The molecule has 0 aliphatic carbocycles. The first-order valence-electron chi connectivity index (χ1n) is 9.12. The first-order chi connectivity index (χ1) is 14.1. The normalized spacial score (nSPS) is 11.2. The summed E-state index contributed by atoms with van der Waals surface area (Å²) in [5.74, 6) is 0.576. The summed E-state index contributed by atoms with van der Waals surface area (Å²) >= 11 is 0. The standard InChI is InChI=1S/C23H21NO5/c1-17(28-18-10-4-2-5-11-18)23(26)27-16-22(25)24-20-14-8-9-15-21(20)29-19-12-6-3-7-13-19/h2-15,17H,16H2,1H3,(H,24,25)/t17-/m0/s1. The van der Waals surface area contributed by atoms with Crippen molar-refractivity contribution in [1.29, 1.82) is 0 Å². The fourth-order valence-electron chi connectivity index (χ4n) is 2.47. The second-order valence-corrected chi connectivity index (χ2v) is 6.14. The summed E-state index contributed by atoms with van der Waals surface area (Å²) < 4.78 is 16.3. The number of hydrogen-bond donors (Lipinski definition) is 1. The molecule has 0 saturated carbocycles. The van der Waals surface area contributed by atoms with Gasteiger partial charge in [-0.25, -0.2) is 4.79 Å². The zero-order chi connectivity index (χ0) is 20.5. The third-order valence-corrected chi connectivity index (χ3v) is 3.87. The molecule has 1 amide bonds. The molecule has 148 valence electrons. The fourth-order valence-corrected chi connectivity index (χ4v) is 2.47. The van der Waals surface area contributed by atoms with Crippen molar-refractivity contribution >= 4 is 17.6 Å². The molecule has 6 heteroatoms. The molecule has 3 rings (SSSR count). The van der Waals surface area contributed by atoms with Crippen LogP contribution in [0.3, 0.4) is 0 Å². The molecule has 1 atom stereocenters. The zero-order valence-electron chi connectivity index (χ0n) is 15.9. The van der Waals surface area contributed by atoms with Gasteiger partial charge in [0.05, 0.1) is 5.69 Å². The molecule has 0 fully saturated rings. The van der Waals surface area contributed by atoms with Crippen molar-refractivity contribution in [2.75, 3.05) is 11.9 Å². The van der Waals surface area contributed by atoms with Gasteiger partial charge in [-0.1, -0.05) is 48.5 Å². The van der Waals surface area contributed by atoms with E-state index in [-0.39, 0.29) is 0 Å². The topological polar surface area (TPSA) is 73.9 Å². The van der Waals surface area contributed by atoms with Crippen molar-refractivity contribution in [1.82, 2.24) is 0 Å². The van der Waals surface area contributed by atoms with Gasteiger partial charge in [-0.3, -0.25) is 4.79 Å². The lowest BCUT2D eigenvalue weighted by Gasteiger charge is -2.15. The van der Waals surface area contributed by atoms with Crippen LogP contribution in [0, 0.1) is 0 Å². The van der Waals surface area contributed by atoms with Crippen molar-refractivity contribution in [2.45, 2.75) is 13.0 Å². The molecule has 0 aromatic heterocycles. The monoisotopic (exact) mass is 391 g/mol. The van der Waals surface area contributed by atoms with Gasteiger partial charge >= 0.3 is 5.97 Å². The van der Waals surface area contributed by atoms with Crippen molar-refractivity contribution in [2.24, 2.45) is 0 Å². The number of ether oxygens (including phenoxy) is 3. The van der Waals surface area contributed by atoms with Crippen LogP contribution in [0.4, 0.5) is 5.69 Å². The average molecular weight is 391 g/mol. The Bertz CT molecular complexity index is 944. The predicted octanol–water partition coefficient (Wildman–Crippen LogP) is 4.43. The number of benzene rings is 3. The molecule has 0 unspecified atom stereocenters. The van der Waals surface area contributed by atoms with Gasteiger partial charge in [-0.15, -0.1) is 0 Å². The van der Waals surface area contributed by atoms with Gasteiger partial charge in [0.25, 0.3) is 5.91 Å². The molecular formula is C23H21NO5. The highest BCUT2D eigenvalue weighted by molar-refractivity contribution is 5.94. The van der Waals surface area contributed by atoms with Gasteiger partial charge in [-0.2, -0.15) is 0 Å². The SMILES string of the molecule is C[C@H](Oc1ccccc1)C(=O)OCC(=O)Nc1ccccc1Oc1ccccc1. The lowest BCUT2D eigenvalue weighted by Crippen LogP contribution is -2.29. The average Bonchev–Trinajstić information content (AvgIpc) is 2.75. The largest absolute Gasteiger partial charge is 0.479 e. The minimum Gasteiger partial charge on any atom is -0.479 e. The highest BCUT2D eigenvalue weighted by Crippen LogP contribution is 2.29. The minimum atomic E-state index is -0.834. The van der Waals surface area contributed by atoms with Crippen LogP contribution < -0.4 is 14.8 Å². The molecule has 0 spiro atoms. The van der Waals surface area contributed by atoms with Gasteiger partial charge in [0.15, 0.2) is 18.5 Å². The summed E-state index contributed by atoms with van der Waals surface area (Å²) in [5.41, 5.74) is 0.478. The number of carbonyl (C=O) groups is 2. The molecule has 0 radical (unpaired) electrons. The number of carbonyl (C=O) groups excluding carboxylic acids is 2. The quantitative estimate of drug-likeness (QED) is 0.575. The maximum atomic E-state index is 12.2. The predicted molar refractivity (Wildman–Crippen MR) is 109 cm³/mol. The first kappa shape index (κ1) is 19.9. The summed E-state index contributed by atoms with van der Waals surface area (Å²) in [6, 6.07) is 25.2. The number of anilines is 1. The highest BCUT2D eigenvalue weighted by atomic mass is 16.6. The number of hydrogen-bond acceptors (Lipinski definition) is 5. The van der Waals surface area contributed by atoms with Crippen LogP contribution in [0.25, 0.3) is 0 Å². The van der Waals surface area contributed by atoms with Crippen LogP contribution in [0.5, 0.6) is 17.2 Å². The van der Waals surface area contributed by atoms with Crippen LogP contribution >= 0.6 is 0 Å². The molecule has 0 heterocycles. The van der Waals surface area contributed by atoms with E-state index >= 15 is 0 Å². The van der Waals surface area contributed by atoms with E-state index in [1.54, 1.807) is 55.5 Å². The van der Waals surface area contributed by atoms with Crippen LogP contribution in [0.15, 0.2) is 84.9 Å². The molecule has 0 saturated heterocycles. The molecule has 0 aliphatic rings. The van der Waals surface area contributed by atoms with Crippen molar-refractivity contribution in [3.8, 4) is 17.2 Å². The Morgan fingerprint density at radius 1 is 0.828 bits per heavy atom. The highest BCUT2D eigenvalue weighted by Gasteiger charge is 2.18. The second kappa shape index (κ2) is 9.94. The van der Waals surface area contributed by atoms with Crippen molar-refractivity contribution < 1.29 is 23.8 Å². The fraction of sp³-hybridized carbons (Fsp3) is 0.130. The van der Waals surface area contributed by atoms with Gasteiger partial charge in [0.2, 0.25) is 0 Å². The lowest BCUT2D eigenvalue weighted by atomic mass is 10.3. The Labute approximate surface area is 169 Å². The van der Waals surface area contributed by atoms with E-state index in [1.807, 2.05) is 36.4 Å². The van der Waals surface area contributed by atoms with Gasteiger partial charge in [0.1, 0.15) is 11.5 Å². The summed E-state index contributed by atoms with van der Waals surface area (Å²) in [5, 5.41) is 2.69. The summed E-state index contributed by atoms with van der Waals surface area (Å²) in [6.07, 6.45) is -0.834. The summed E-state index contributed by atoms with van der Waals surface area (Å²) in [6.45, 7) is 1.14. The van der Waals surface area contributed by atoms with E-state index in [9.17, 15) is 9.59 Å². The van der Waals surface area contributed by atoms with Gasteiger partial charge in [0, 0.05) is 0 Å². The van der Waals surface area contributed by atoms with Crippen molar-refractivity contribution in [3.63, 3.8) is 0 Å². The van der Waals surface area contributed by atoms with Gasteiger partial charge in [-0.05, 0) is 43.3 Å². The lowest BCUT2D eigenvalue weighted by molar-refractivity contribution is -0.153. The number of amides is 1. The van der Waals surface area contributed by atoms with E-state index in [0.717, 1.165) is 0 Å². The van der Waals surface area contributed by atoms with E-state index in [1.165, 1.54) is 0 Å². The molecule has 1 N–H and O–H groups in total. The Kier molecular flexibility index (Phi) is 6.84. The molecule has 3 aromatic carbocycles. The van der Waals surface area contributed by atoms with Crippen LogP contribution in [-0.4, -0.2) is 24.6 Å². The molecule has 0 bridgehead atoms. The third-order valence-electron chi connectivity index (χ3n) is 3.87. The summed E-state index contributed by atoms with van der Waals surface area (Å²) in [4.78, 5) is 24.3. The van der Waals surface area contributed by atoms with E-state index in [2.05, 4.69) is 5.32 Å². The maximum Gasteiger partial charge on any atom is 0.347 e. The van der Waals surface area contributed by atoms with Crippen LogP contribution in [0.1, 0.15) is 6.92 Å². The summed E-state index contributed by atoms with van der Waals surface area (Å²) in [7, 11) is 0. The zero-order valence-corrected chi connectivity index (χ0v) is 15.9. The van der Waals surface area contributed by atoms with E-state index in [0.29, 0.717) is 22.9 Å². The Hall–Kier alpha value is -3.80. The Morgan fingerprint density at radius 2 is 1.41 bits per heavy atom. The number of nitrogens with one attached hydrogen (secondary N) is 1. The smallest absolute Gasteiger partial charge is 0.347 e. The number of para-hydroxylation sites is 4. The second-order valence-electron chi connectivity index (χ2n) is 6.14. The Balaban J connectivity index is 1.52. The molecule has 6 nitrogen and oxygen atoms in total. The Morgan fingerprint density at radius 3 is 2.10 bits per heavy atom. The maximum absolute atomic E-state index is 12.2. The molecular weight excluding hydrogens is 370 g/mol. The number of rotatable bonds is 8. The van der Waals surface area contributed by atoms with Crippen LogP contribution in [0.2, 0.25) is 0 Å². The van der Waals surface area contributed by atoms with Crippen LogP contribution in [-0.2, 0) is 14.3 Å². The minimum absolute atomic E-state index is 0.430. The van der Waals surface area contributed by atoms with Crippen molar-refractivity contribution in [3.05, 3.63) is 84.9 Å². The van der Waals surface area contributed by atoms with E-state index < -0.39 is 24.6 Å². The molecule has 29 heavy (non-hydrogen) atoms. The molecule has 3 aromatic rings. The first-order valence-corrected chi connectivity index (χ1v) is 9.12. The van der Waals surface area contributed by atoms with E-state index in [4.69, 9.17) is 14.2 Å². The third kappa shape index (κ3) is 6.10. The number of esters is 1. The van der Waals surface area contributed by atoms with Gasteiger partial charge < -0.3 is 19.5 Å². The molecule has 0 aliphatic heterocycles.